The van der Waals surface area contributed by atoms with Crippen LogP contribution in [0.2, 0.25) is 0 Å². The molecular formula is C29H30BrN3O5. The van der Waals surface area contributed by atoms with Gasteiger partial charge in [-0.05, 0) is 71.8 Å². The maximum Gasteiger partial charge on any atom is 0.269 e. The van der Waals surface area contributed by atoms with E-state index >= 15 is 0 Å². The van der Waals surface area contributed by atoms with Crippen molar-refractivity contribution in [3.05, 3.63) is 73.4 Å². The number of carbonyl (C=O) groups is 1. The number of carbonyl (C=O) groups excluding carboxylic acids is 1. The number of hydrogen-bond donors (Lipinski definition) is 0. The number of rotatable bonds is 9. The predicted molar refractivity (Wildman–Crippen MR) is 147 cm³/mol. The molecule has 2 aliphatic rings. The van der Waals surface area contributed by atoms with Gasteiger partial charge >= 0.3 is 0 Å². The highest BCUT2D eigenvalue weighted by Gasteiger charge is 2.41. The van der Waals surface area contributed by atoms with Gasteiger partial charge in [0.05, 0.1) is 28.0 Å². The van der Waals surface area contributed by atoms with Gasteiger partial charge in [0.1, 0.15) is 6.61 Å². The first-order valence-corrected chi connectivity index (χ1v) is 13.6. The molecule has 8 nitrogen and oxygen atoms in total. The number of benzene rings is 2. The lowest BCUT2D eigenvalue weighted by Gasteiger charge is -2.35. The van der Waals surface area contributed by atoms with Gasteiger partial charge in [0.2, 0.25) is 0 Å². The number of halogens is 1. The molecule has 1 heterocycles. The van der Waals surface area contributed by atoms with Gasteiger partial charge in [-0.15, -0.1) is 0 Å². The van der Waals surface area contributed by atoms with Gasteiger partial charge < -0.3 is 9.47 Å². The molecule has 0 saturated heterocycles. The lowest BCUT2D eigenvalue weighted by atomic mass is 9.70. The molecule has 9 heteroatoms. The van der Waals surface area contributed by atoms with Crippen LogP contribution in [-0.4, -0.2) is 23.0 Å². The van der Waals surface area contributed by atoms with Crippen LogP contribution in [0.4, 0.5) is 5.69 Å². The smallest absolute Gasteiger partial charge is 0.269 e. The molecule has 1 aliphatic heterocycles. The fraction of sp³-hybridized carbons (Fsp3) is 0.414. The normalized spacial score (nSPS) is 20.9. The van der Waals surface area contributed by atoms with Gasteiger partial charge in [-0.3, -0.25) is 19.9 Å². The lowest BCUT2D eigenvalue weighted by Crippen LogP contribution is -2.32. The molecule has 0 amide bonds. The minimum Gasteiger partial charge on any atom is -0.490 e. The summed E-state index contributed by atoms with van der Waals surface area (Å²) in [5, 5.41) is 21.2. The predicted octanol–water partition coefficient (Wildman–Crippen LogP) is 7.07. The van der Waals surface area contributed by atoms with Crippen LogP contribution in [0.3, 0.4) is 0 Å². The molecule has 0 bridgehead atoms. The molecule has 3 unspecified atom stereocenters. The Morgan fingerprint density at radius 3 is 2.68 bits per heavy atom. The van der Waals surface area contributed by atoms with Crippen LogP contribution < -0.4 is 9.47 Å². The van der Waals surface area contributed by atoms with E-state index in [1.54, 1.807) is 12.1 Å². The maximum absolute atomic E-state index is 13.4. The van der Waals surface area contributed by atoms with E-state index in [0.717, 1.165) is 30.5 Å². The molecule has 198 valence electrons. The summed E-state index contributed by atoms with van der Waals surface area (Å²) in [4.78, 5) is 28.8. The van der Waals surface area contributed by atoms with Crippen molar-refractivity contribution in [2.45, 2.75) is 59.0 Å². The zero-order chi connectivity index (χ0) is 27.4. The quantitative estimate of drug-likeness (QED) is 0.232. The monoisotopic (exact) mass is 579 g/mol. The topological polar surface area (TPSA) is 115 Å². The van der Waals surface area contributed by atoms with Crippen molar-refractivity contribution in [1.82, 2.24) is 0 Å². The largest absolute Gasteiger partial charge is 0.490 e. The molecule has 38 heavy (non-hydrogen) atoms. The van der Waals surface area contributed by atoms with E-state index in [2.05, 4.69) is 28.9 Å². The average molecular weight is 580 g/mol. The fourth-order valence-corrected chi connectivity index (χ4v) is 5.94. The molecule has 0 fully saturated rings. The molecule has 0 aromatic heterocycles. The number of nitrogens with zero attached hydrogens (tertiary/aromatic N) is 3. The minimum atomic E-state index is -0.571. The molecule has 4 rings (SSSR count). The van der Waals surface area contributed by atoms with Crippen molar-refractivity contribution >= 4 is 33.1 Å². The van der Waals surface area contributed by atoms with E-state index in [9.17, 15) is 20.2 Å². The standard InChI is InChI=1S/C29H30BrN3O5/c1-4-7-18-11-24-28(25(34)12-18)27(22(15-31)17(3)32-24)20-13-23(30)29(26(14-20)37-5-2)38-16-19-8-6-9-21(10-19)33(35)36/h6,8-10,13-14,18,22,27H,4-5,7,11-12,16H2,1-3H3. The lowest BCUT2D eigenvalue weighted by molar-refractivity contribution is -0.384. The summed E-state index contributed by atoms with van der Waals surface area (Å²) in [5.74, 6) is 0.225. The summed E-state index contributed by atoms with van der Waals surface area (Å²) in [5.41, 5.74) is 3.55. The number of Topliss-reactive ketones (excluding diaryl/α,β-unsaturated/α-hetero) is 1. The fourth-order valence-electron chi connectivity index (χ4n) is 5.36. The second-order valence-electron chi connectivity index (χ2n) is 9.66. The van der Waals surface area contributed by atoms with Crippen molar-refractivity contribution in [3.8, 4) is 17.6 Å². The molecule has 0 N–H and O–H groups in total. The van der Waals surface area contributed by atoms with E-state index < -0.39 is 16.8 Å². The van der Waals surface area contributed by atoms with Gasteiger partial charge in [-0.25, -0.2) is 0 Å². The van der Waals surface area contributed by atoms with E-state index in [-0.39, 0.29) is 24.0 Å². The summed E-state index contributed by atoms with van der Waals surface area (Å²) in [7, 11) is 0. The Hall–Kier alpha value is -3.51. The zero-order valence-corrected chi connectivity index (χ0v) is 23.3. The molecule has 0 saturated carbocycles. The van der Waals surface area contributed by atoms with Crippen LogP contribution in [0.25, 0.3) is 0 Å². The first-order valence-electron chi connectivity index (χ1n) is 12.8. The van der Waals surface area contributed by atoms with E-state index in [4.69, 9.17) is 14.5 Å². The number of nitro groups is 1. The Kier molecular flexibility index (Phi) is 8.62. The van der Waals surface area contributed by atoms with Gasteiger partial charge in [0.15, 0.2) is 17.3 Å². The molecule has 2 aromatic rings. The SMILES string of the molecule is CCCC1CC(=O)C2=C(C1)N=C(C)C(C#N)C2c1cc(Br)c(OCc2cccc([N+](=O)[O-])c2)c(OCC)c1. The summed E-state index contributed by atoms with van der Waals surface area (Å²) >= 11 is 3.61. The first kappa shape index (κ1) is 27.5. The second-order valence-corrected chi connectivity index (χ2v) is 10.5. The van der Waals surface area contributed by atoms with Gasteiger partial charge in [0, 0.05) is 41.5 Å². The van der Waals surface area contributed by atoms with Crippen LogP contribution in [-0.2, 0) is 11.4 Å². The summed E-state index contributed by atoms with van der Waals surface area (Å²) in [6, 6.07) is 12.4. The van der Waals surface area contributed by atoms with Crippen molar-refractivity contribution in [3.63, 3.8) is 0 Å². The first-order chi connectivity index (χ1) is 18.3. The summed E-state index contributed by atoms with van der Waals surface area (Å²) < 4.78 is 12.6. The van der Waals surface area contributed by atoms with Crippen molar-refractivity contribution < 1.29 is 19.2 Å². The van der Waals surface area contributed by atoms with Crippen molar-refractivity contribution in [2.24, 2.45) is 16.8 Å². The van der Waals surface area contributed by atoms with Crippen molar-refractivity contribution in [2.75, 3.05) is 6.61 Å². The zero-order valence-electron chi connectivity index (χ0n) is 21.7. The molecule has 2 aromatic carbocycles. The minimum absolute atomic E-state index is 0.00942. The molecule has 1 aliphatic carbocycles. The molecule has 3 atom stereocenters. The molecule has 0 spiro atoms. The summed E-state index contributed by atoms with van der Waals surface area (Å²) in [6.45, 7) is 6.31. The Labute approximate surface area is 230 Å². The van der Waals surface area contributed by atoms with Crippen LogP contribution in [0, 0.1) is 33.3 Å². The number of allylic oxidation sites excluding steroid dienone is 2. The number of nitriles is 1. The van der Waals surface area contributed by atoms with Gasteiger partial charge in [0.25, 0.3) is 5.69 Å². The third-order valence-corrected chi connectivity index (χ3v) is 7.59. The third-order valence-electron chi connectivity index (χ3n) is 7.00. The highest BCUT2D eigenvalue weighted by atomic mass is 79.9. The van der Waals surface area contributed by atoms with E-state index in [0.29, 0.717) is 45.8 Å². The Morgan fingerprint density at radius 1 is 1.21 bits per heavy atom. The van der Waals surface area contributed by atoms with Crippen molar-refractivity contribution in [1.29, 1.82) is 5.26 Å². The maximum atomic E-state index is 13.4. The molecule has 0 radical (unpaired) electrons. The van der Waals surface area contributed by atoms with Crippen LogP contribution in [0.1, 0.15) is 63.5 Å². The number of non-ortho nitro benzene ring substituents is 1. The molecular weight excluding hydrogens is 550 g/mol. The second kappa shape index (κ2) is 11.9. The van der Waals surface area contributed by atoms with Gasteiger partial charge in [-0.2, -0.15) is 5.26 Å². The summed E-state index contributed by atoms with van der Waals surface area (Å²) in [6.07, 6.45) is 3.20. The number of nitro benzene ring substituents is 1. The number of ketones is 1. The van der Waals surface area contributed by atoms with E-state index in [1.807, 2.05) is 26.0 Å². The number of aliphatic imine (C=N–C) groups is 1. The Balaban J connectivity index is 1.72. The number of ether oxygens (including phenoxy) is 2. The van der Waals surface area contributed by atoms with Gasteiger partial charge in [-0.1, -0.05) is 25.5 Å². The number of hydrogen-bond acceptors (Lipinski definition) is 7. The van der Waals surface area contributed by atoms with E-state index in [1.165, 1.54) is 12.1 Å². The Bertz CT molecular complexity index is 1360. The average Bonchev–Trinajstić information content (AvgIpc) is 2.87. The highest BCUT2D eigenvalue weighted by Crippen LogP contribution is 2.48. The Morgan fingerprint density at radius 2 is 2.00 bits per heavy atom. The van der Waals surface area contributed by atoms with Crippen LogP contribution in [0.5, 0.6) is 11.5 Å². The van der Waals surface area contributed by atoms with Crippen LogP contribution in [0.15, 0.2) is 57.1 Å². The third kappa shape index (κ3) is 5.65. The van der Waals surface area contributed by atoms with Crippen LogP contribution >= 0.6 is 15.9 Å². The highest BCUT2D eigenvalue weighted by molar-refractivity contribution is 9.10.